The molecule has 0 spiro atoms. The summed E-state index contributed by atoms with van der Waals surface area (Å²) in [4.78, 5) is 15.1. The molecule has 0 saturated heterocycles. The molecule has 5 nitrogen and oxygen atoms in total. The van der Waals surface area contributed by atoms with Gasteiger partial charge in [-0.15, -0.1) is 0 Å². The van der Waals surface area contributed by atoms with E-state index in [9.17, 15) is 4.79 Å². The number of oxazole rings is 1. The number of fused-ring (bicyclic) bond motifs is 1. The summed E-state index contributed by atoms with van der Waals surface area (Å²) in [5.41, 5.74) is 2.57. The summed E-state index contributed by atoms with van der Waals surface area (Å²) < 4.78 is 5.51. The van der Waals surface area contributed by atoms with Crippen molar-refractivity contribution in [3.8, 4) is 0 Å². The molecule has 2 unspecified atom stereocenters. The number of carboxylic acid groups (broad SMARTS) is 1. The van der Waals surface area contributed by atoms with Crippen LogP contribution in [0.5, 0.6) is 0 Å². The molecule has 5 heteroatoms. The van der Waals surface area contributed by atoms with E-state index in [4.69, 9.17) is 9.52 Å². The normalized spacial score (nSPS) is 14.5. The fourth-order valence-corrected chi connectivity index (χ4v) is 2.42. The van der Waals surface area contributed by atoms with Gasteiger partial charge in [-0.2, -0.15) is 0 Å². The second kappa shape index (κ2) is 5.40. The van der Waals surface area contributed by atoms with Gasteiger partial charge in [0, 0.05) is 19.4 Å². The summed E-state index contributed by atoms with van der Waals surface area (Å²) in [5, 5.41) is 12.1. The van der Waals surface area contributed by atoms with Crippen LogP contribution >= 0.6 is 0 Å². The summed E-state index contributed by atoms with van der Waals surface area (Å²) >= 11 is 0. The Kier molecular flexibility index (Phi) is 3.85. The zero-order chi connectivity index (χ0) is 14.0. The Morgan fingerprint density at radius 3 is 2.89 bits per heavy atom. The lowest BCUT2D eigenvalue weighted by Gasteiger charge is -2.22. The lowest BCUT2D eigenvalue weighted by molar-refractivity contribution is -0.138. The van der Waals surface area contributed by atoms with Crippen LogP contribution in [0.1, 0.15) is 30.8 Å². The number of benzene rings is 1. The zero-order valence-corrected chi connectivity index (χ0v) is 11.3. The van der Waals surface area contributed by atoms with E-state index in [1.807, 2.05) is 39.1 Å². The van der Waals surface area contributed by atoms with Crippen LogP contribution in [0.15, 0.2) is 22.6 Å². The lowest BCUT2D eigenvalue weighted by Crippen LogP contribution is -2.25. The van der Waals surface area contributed by atoms with Gasteiger partial charge in [0.25, 0.3) is 0 Å². The smallest absolute Gasteiger partial charge is 0.303 e. The average molecular weight is 262 g/mol. The minimum absolute atomic E-state index is 0.0102. The first-order chi connectivity index (χ1) is 9.01. The van der Waals surface area contributed by atoms with Gasteiger partial charge in [0.2, 0.25) is 0 Å². The van der Waals surface area contributed by atoms with Crippen molar-refractivity contribution < 1.29 is 14.3 Å². The van der Waals surface area contributed by atoms with Gasteiger partial charge in [-0.05, 0) is 30.7 Å². The van der Waals surface area contributed by atoms with Crippen molar-refractivity contribution >= 4 is 17.1 Å². The van der Waals surface area contributed by atoms with Gasteiger partial charge in [-0.1, -0.05) is 13.0 Å². The molecular formula is C14H18N2O3. The van der Waals surface area contributed by atoms with Crippen LogP contribution in [0.25, 0.3) is 11.1 Å². The Hall–Kier alpha value is -1.88. The van der Waals surface area contributed by atoms with Crippen molar-refractivity contribution in [2.75, 3.05) is 7.05 Å². The molecule has 0 bridgehead atoms. The number of aryl methyl sites for hydroxylation is 1. The largest absolute Gasteiger partial charge is 0.481 e. The molecule has 2 aromatic rings. The first-order valence-electron chi connectivity index (χ1n) is 6.27. The fourth-order valence-electron chi connectivity index (χ4n) is 2.42. The van der Waals surface area contributed by atoms with Gasteiger partial charge in [-0.25, -0.2) is 4.98 Å². The highest BCUT2D eigenvalue weighted by molar-refractivity contribution is 5.73. The molecule has 1 aromatic carbocycles. The van der Waals surface area contributed by atoms with Crippen LogP contribution in [0, 0.1) is 12.8 Å². The predicted octanol–water partition coefficient (Wildman–Crippen LogP) is 2.51. The summed E-state index contributed by atoms with van der Waals surface area (Å²) in [5.74, 6) is -0.167. The minimum atomic E-state index is -0.788. The van der Waals surface area contributed by atoms with Gasteiger partial charge in [0.1, 0.15) is 5.52 Å². The molecule has 2 N–H and O–H groups in total. The van der Waals surface area contributed by atoms with Gasteiger partial charge in [-0.3, -0.25) is 4.79 Å². The van der Waals surface area contributed by atoms with E-state index in [1.54, 1.807) is 0 Å². The zero-order valence-electron chi connectivity index (χ0n) is 11.3. The van der Waals surface area contributed by atoms with E-state index in [1.165, 1.54) is 0 Å². The number of aromatic nitrogens is 1. The molecule has 0 fully saturated rings. The summed E-state index contributed by atoms with van der Waals surface area (Å²) in [6.45, 7) is 3.73. The molecule has 2 atom stereocenters. The fraction of sp³-hybridized carbons (Fsp3) is 0.429. The molecule has 1 heterocycles. The highest BCUT2D eigenvalue weighted by Gasteiger charge is 2.20. The Morgan fingerprint density at radius 2 is 2.26 bits per heavy atom. The Balaban J connectivity index is 2.31. The number of hydrogen-bond acceptors (Lipinski definition) is 4. The van der Waals surface area contributed by atoms with E-state index >= 15 is 0 Å². The Bertz CT molecular complexity index is 591. The second-order valence-corrected chi connectivity index (χ2v) is 4.80. The molecule has 1 aromatic heterocycles. The van der Waals surface area contributed by atoms with Crippen LogP contribution in [-0.4, -0.2) is 23.1 Å². The van der Waals surface area contributed by atoms with Gasteiger partial charge >= 0.3 is 5.97 Å². The third-order valence-electron chi connectivity index (χ3n) is 3.26. The first kappa shape index (κ1) is 13.5. The lowest BCUT2D eigenvalue weighted by atomic mass is 9.92. The van der Waals surface area contributed by atoms with Crippen LogP contribution in [-0.2, 0) is 4.79 Å². The summed E-state index contributed by atoms with van der Waals surface area (Å²) in [7, 11) is 1.83. The summed E-state index contributed by atoms with van der Waals surface area (Å²) in [6, 6.07) is 5.77. The highest BCUT2D eigenvalue weighted by atomic mass is 16.4. The Labute approximate surface area is 111 Å². The minimum Gasteiger partial charge on any atom is -0.481 e. The molecular weight excluding hydrogens is 244 g/mol. The molecule has 0 aliphatic heterocycles. The van der Waals surface area contributed by atoms with E-state index < -0.39 is 5.97 Å². The number of hydrogen-bond donors (Lipinski definition) is 2. The predicted molar refractivity (Wildman–Crippen MR) is 72.0 cm³/mol. The van der Waals surface area contributed by atoms with E-state index in [0.29, 0.717) is 5.89 Å². The first-order valence-corrected chi connectivity index (χ1v) is 6.27. The van der Waals surface area contributed by atoms with Crippen molar-refractivity contribution in [2.24, 2.45) is 5.92 Å². The number of carbonyl (C=O) groups is 1. The quantitative estimate of drug-likeness (QED) is 0.866. The standard InChI is InChI=1S/C14H18N2O3/c1-8(6-13(17)18)14(15-3)10-4-5-11-12(7-10)19-9(2)16-11/h4-5,7-8,14-15H,6H2,1-3H3,(H,17,18). The summed E-state index contributed by atoms with van der Waals surface area (Å²) in [6.07, 6.45) is 0.124. The molecule has 19 heavy (non-hydrogen) atoms. The van der Waals surface area contributed by atoms with Crippen molar-refractivity contribution in [2.45, 2.75) is 26.3 Å². The van der Waals surface area contributed by atoms with E-state index in [0.717, 1.165) is 16.7 Å². The maximum absolute atomic E-state index is 10.8. The number of nitrogens with one attached hydrogen (secondary N) is 1. The molecule has 0 aliphatic rings. The van der Waals surface area contributed by atoms with Gasteiger partial charge in [0.15, 0.2) is 11.5 Å². The molecule has 102 valence electrons. The van der Waals surface area contributed by atoms with Crippen LogP contribution in [0.4, 0.5) is 0 Å². The van der Waals surface area contributed by atoms with Crippen molar-refractivity contribution in [1.29, 1.82) is 0 Å². The van der Waals surface area contributed by atoms with Crippen LogP contribution < -0.4 is 5.32 Å². The number of carboxylic acids is 1. The molecule has 0 amide bonds. The number of rotatable bonds is 5. The molecule has 0 saturated carbocycles. The van der Waals surface area contributed by atoms with Crippen molar-refractivity contribution in [3.05, 3.63) is 29.7 Å². The molecule has 0 aliphatic carbocycles. The van der Waals surface area contributed by atoms with Crippen LogP contribution in [0.3, 0.4) is 0 Å². The number of aliphatic carboxylic acids is 1. The monoisotopic (exact) mass is 262 g/mol. The van der Waals surface area contributed by atoms with E-state index in [-0.39, 0.29) is 18.4 Å². The average Bonchev–Trinajstić information content (AvgIpc) is 2.68. The molecule has 2 rings (SSSR count). The van der Waals surface area contributed by atoms with Crippen LogP contribution in [0.2, 0.25) is 0 Å². The van der Waals surface area contributed by atoms with Gasteiger partial charge in [0.05, 0.1) is 0 Å². The maximum Gasteiger partial charge on any atom is 0.303 e. The SMILES string of the molecule is CNC(c1ccc2nc(C)oc2c1)C(C)CC(=O)O. The van der Waals surface area contributed by atoms with Gasteiger partial charge < -0.3 is 14.8 Å². The second-order valence-electron chi connectivity index (χ2n) is 4.80. The Morgan fingerprint density at radius 1 is 1.53 bits per heavy atom. The topological polar surface area (TPSA) is 75.4 Å². The van der Waals surface area contributed by atoms with Crippen molar-refractivity contribution in [3.63, 3.8) is 0 Å². The number of nitrogens with zero attached hydrogens (tertiary/aromatic N) is 1. The van der Waals surface area contributed by atoms with E-state index in [2.05, 4.69) is 10.3 Å². The third-order valence-corrected chi connectivity index (χ3v) is 3.26. The van der Waals surface area contributed by atoms with Crippen molar-refractivity contribution in [1.82, 2.24) is 10.3 Å². The highest BCUT2D eigenvalue weighted by Crippen LogP contribution is 2.27. The third kappa shape index (κ3) is 2.93. The molecule has 0 radical (unpaired) electrons. The maximum atomic E-state index is 10.8.